The van der Waals surface area contributed by atoms with E-state index < -0.39 is 11.6 Å². The highest BCUT2D eigenvalue weighted by molar-refractivity contribution is 7.97. The third kappa shape index (κ3) is 4.41. The Hall–Kier alpha value is -2.19. The van der Waals surface area contributed by atoms with E-state index in [0.717, 1.165) is 50.1 Å². The predicted molar refractivity (Wildman–Crippen MR) is 117 cm³/mol. The standard InChI is InChI=1S/C23H27F2N3O2S/c1-30-22-17(8-9-18(24)21(22)25)16-7-6-13-4-2-3-5-15(13)20(16)23(29)28-14-10-11-27-19(12-14)31-26/h8-13,15-16,20H,2-7,26H2,1H3,(H,27,28,29). The molecule has 0 radical (unpaired) electrons. The number of nitrogens with zero attached hydrogens (tertiary/aromatic N) is 1. The highest BCUT2D eigenvalue weighted by Gasteiger charge is 2.45. The topological polar surface area (TPSA) is 77.2 Å². The van der Waals surface area contributed by atoms with Crippen molar-refractivity contribution in [2.75, 3.05) is 12.4 Å². The van der Waals surface area contributed by atoms with Gasteiger partial charge in [-0.25, -0.2) is 9.37 Å². The molecule has 166 valence electrons. The second kappa shape index (κ2) is 9.53. The number of pyridine rings is 1. The van der Waals surface area contributed by atoms with Gasteiger partial charge in [-0.3, -0.25) is 9.93 Å². The van der Waals surface area contributed by atoms with E-state index >= 15 is 0 Å². The van der Waals surface area contributed by atoms with Crippen LogP contribution in [0.5, 0.6) is 5.75 Å². The van der Waals surface area contributed by atoms with Gasteiger partial charge in [0.1, 0.15) is 5.03 Å². The molecule has 0 bridgehead atoms. The van der Waals surface area contributed by atoms with Gasteiger partial charge in [0.25, 0.3) is 0 Å². The lowest BCUT2D eigenvalue weighted by molar-refractivity contribution is -0.125. The molecular weight excluding hydrogens is 420 g/mol. The summed E-state index contributed by atoms with van der Waals surface area (Å²) < 4.78 is 33.6. The molecule has 0 saturated heterocycles. The molecule has 2 saturated carbocycles. The first-order valence-electron chi connectivity index (χ1n) is 10.7. The average molecular weight is 448 g/mol. The number of methoxy groups -OCH3 is 1. The molecule has 8 heteroatoms. The minimum atomic E-state index is -0.997. The van der Waals surface area contributed by atoms with Crippen LogP contribution in [0.25, 0.3) is 0 Å². The largest absolute Gasteiger partial charge is 0.493 e. The zero-order valence-corrected chi connectivity index (χ0v) is 18.3. The van der Waals surface area contributed by atoms with Crippen LogP contribution in [-0.2, 0) is 4.79 Å². The summed E-state index contributed by atoms with van der Waals surface area (Å²) in [5.74, 6) is -2.05. The molecule has 0 aliphatic heterocycles. The van der Waals surface area contributed by atoms with Crippen LogP contribution in [0.4, 0.5) is 14.5 Å². The quantitative estimate of drug-likeness (QED) is 0.611. The predicted octanol–water partition coefficient (Wildman–Crippen LogP) is 5.27. The summed E-state index contributed by atoms with van der Waals surface area (Å²) in [4.78, 5) is 17.7. The SMILES string of the molecule is COc1c(C2CCC3CCCCC3C2C(=O)Nc2ccnc(SN)c2)ccc(F)c1F. The number of benzene rings is 1. The second-order valence-electron chi connectivity index (χ2n) is 8.39. The van der Waals surface area contributed by atoms with Crippen molar-refractivity contribution in [3.8, 4) is 5.75 Å². The first kappa shape index (κ1) is 22.0. The van der Waals surface area contributed by atoms with E-state index in [0.29, 0.717) is 22.2 Å². The number of ether oxygens (including phenoxy) is 1. The Morgan fingerprint density at radius 3 is 2.77 bits per heavy atom. The fraction of sp³-hybridized carbons (Fsp3) is 0.478. The normalized spacial score (nSPS) is 25.5. The Kier molecular flexibility index (Phi) is 6.77. The van der Waals surface area contributed by atoms with Crippen LogP contribution in [0.2, 0.25) is 0 Å². The van der Waals surface area contributed by atoms with Crippen LogP contribution in [0.1, 0.15) is 50.0 Å². The van der Waals surface area contributed by atoms with Crippen LogP contribution >= 0.6 is 11.9 Å². The molecule has 2 aliphatic carbocycles. The summed E-state index contributed by atoms with van der Waals surface area (Å²) in [5, 5.41) is 9.23. The van der Waals surface area contributed by atoms with Gasteiger partial charge in [-0.05, 0) is 67.2 Å². The maximum Gasteiger partial charge on any atom is 0.228 e. The molecule has 1 aromatic carbocycles. The summed E-state index contributed by atoms with van der Waals surface area (Å²) in [6.45, 7) is 0. The molecule has 4 atom stereocenters. The Labute approximate surface area is 185 Å². The lowest BCUT2D eigenvalue weighted by atomic mass is 9.60. The van der Waals surface area contributed by atoms with Gasteiger partial charge in [0.15, 0.2) is 11.6 Å². The van der Waals surface area contributed by atoms with Crippen molar-refractivity contribution < 1.29 is 18.3 Å². The number of aromatic nitrogens is 1. The Balaban J connectivity index is 1.70. The average Bonchev–Trinajstić information content (AvgIpc) is 2.80. The molecule has 1 heterocycles. The fourth-order valence-corrected chi connectivity index (χ4v) is 5.81. The molecule has 5 nitrogen and oxygen atoms in total. The molecule has 2 aliphatic rings. The summed E-state index contributed by atoms with van der Waals surface area (Å²) >= 11 is 1.01. The van der Waals surface area contributed by atoms with E-state index in [1.807, 2.05) is 0 Å². The number of nitrogens with two attached hydrogens (primary N) is 1. The number of fused-ring (bicyclic) bond motifs is 1. The zero-order chi connectivity index (χ0) is 22.0. The molecule has 0 spiro atoms. The number of hydrogen-bond acceptors (Lipinski definition) is 5. The van der Waals surface area contributed by atoms with Gasteiger partial charge in [0.05, 0.1) is 7.11 Å². The molecule has 3 N–H and O–H groups in total. The molecular formula is C23H27F2N3O2S. The monoisotopic (exact) mass is 447 g/mol. The van der Waals surface area contributed by atoms with Gasteiger partial charge >= 0.3 is 0 Å². The Bertz CT molecular complexity index is 958. The molecule has 1 aromatic heterocycles. The van der Waals surface area contributed by atoms with Crippen LogP contribution in [0, 0.1) is 29.4 Å². The Morgan fingerprint density at radius 2 is 2.00 bits per heavy atom. The summed E-state index contributed by atoms with van der Waals surface area (Å²) in [6, 6.07) is 6.16. The molecule has 31 heavy (non-hydrogen) atoms. The van der Waals surface area contributed by atoms with Gasteiger partial charge in [-0.1, -0.05) is 25.3 Å². The number of carbonyl (C=O) groups excluding carboxylic acids is 1. The highest BCUT2D eigenvalue weighted by Crippen LogP contribution is 2.52. The maximum atomic E-state index is 14.5. The number of carbonyl (C=O) groups is 1. The third-order valence-electron chi connectivity index (χ3n) is 6.82. The highest BCUT2D eigenvalue weighted by atomic mass is 32.2. The van der Waals surface area contributed by atoms with E-state index in [1.165, 1.54) is 13.5 Å². The van der Waals surface area contributed by atoms with Crippen molar-refractivity contribution in [1.29, 1.82) is 0 Å². The number of hydrogen-bond donors (Lipinski definition) is 2. The van der Waals surface area contributed by atoms with Crippen molar-refractivity contribution in [2.45, 2.75) is 49.5 Å². The molecule has 2 fully saturated rings. The first-order chi connectivity index (χ1) is 15.0. The van der Waals surface area contributed by atoms with E-state index in [9.17, 15) is 13.6 Å². The van der Waals surface area contributed by atoms with E-state index in [2.05, 4.69) is 10.3 Å². The number of amides is 1. The first-order valence-corrected chi connectivity index (χ1v) is 11.6. The lowest BCUT2D eigenvalue weighted by Crippen LogP contribution is -2.42. The van der Waals surface area contributed by atoms with Gasteiger partial charge in [-0.15, -0.1) is 0 Å². The van der Waals surface area contributed by atoms with E-state index in [-0.39, 0.29) is 29.4 Å². The van der Waals surface area contributed by atoms with Crippen molar-refractivity contribution in [2.24, 2.45) is 22.9 Å². The van der Waals surface area contributed by atoms with Gasteiger partial charge < -0.3 is 10.1 Å². The summed E-state index contributed by atoms with van der Waals surface area (Å²) in [6.07, 6.45) is 7.65. The minimum Gasteiger partial charge on any atom is -0.493 e. The number of halogens is 2. The third-order valence-corrected chi connectivity index (χ3v) is 7.29. The van der Waals surface area contributed by atoms with Crippen molar-refractivity contribution in [3.63, 3.8) is 0 Å². The minimum absolute atomic E-state index is 0.0946. The lowest BCUT2D eigenvalue weighted by Gasteiger charge is -2.45. The molecule has 4 rings (SSSR count). The maximum absolute atomic E-state index is 14.5. The van der Waals surface area contributed by atoms with E-state index in [1.54, 1.807) is 24.4 Å². The van der Waals surface area contributed by atoms with Crippen molar-refractivity contribution in [3.05, 3.63) is 47.7 Å². The zero-order valence-electron chi connectivity index (χ0n) is 17.4. The fourth-order valence-electron chi connectivity index (χ4n) is 5.49. The summed E-state index contributed by atoms with van der Waals surface area (Å²) in [5.41, 5.74) is 1.19. The van der Waals surface area contributed by atoms with Crippen LogP contribution in [0.15, 0.2) is 35.5 Å². The van der Waals surface area contributed by atoms with E-state index in [4.69, 9.17) is 9.88 Å². The van der Waals surface area contributed by atoms with Crippen molar-refractivity contribution >= 4 is 23.5 Å². The van der Waals surface area contributed by atoms with Gasteiger partial charge in [0, 0.05) is 23.4 Å². The Morgan fingerprint density at radius 1 is 1.19 bits per heavy atom. The van der Waals surface area contributed by atoms with Crippen molar-refractivity contribution in [1.82, 2.24) is 4.98 Å². The van der Waals surface area contributed by atoms with Crippen LogP contribution in [-0.4, -0.2) is 18.0 Å². The molecule has 1 amide bonds. The summed E-state index contributed by atoms with van der Waals surface area (Å²) in [7, 11) is 1.34. The number of rotatable bonds is 5. The van der Waals surface area contributed by atoms with Crippen LogP contribution < -0.4 is 15.2 Å². The second-order valence-corrected chi connectivity index (χ2v) is 9.05. The van der Waals surface area contributed by atoms with Gasteiger partial charge in [-0.2, -0.15) is 4.39 Å². The number of nitrogens with one attached hydrogen (secondary N) is 1. The van der Waals surface area contributed by atoms with Crippen LogP contribution in [0.3, 0.4) is 0 Å². The van der Waals surface area contributed by atoms with Gasteiger partial charge in [0.2, 0.25) is 11.7 Å². The molecule has 2 aromatic rings. The smallest absolute Gasteiger partial charge is 0.228 e. The molecule has 4 unspecified atom stereocenters. The number of anilines is 1.